The predicted molar refractivity (Wildman–Crippen MR) is 126 cm³/mol. The molecule has 9 nitrogen and oxygen atoms in total. The van der Waals surface area contributed by atoms with Crippen LogP contribution < -0.4 is 10.6 Å². The molecule has 9 heteroatoms. The summed E-state index contributed by atoms with van der Waals surface area (Å²) in [6.45, 7) is 3.19. The molecule has 3 saturated carbocycles. The highest BCUT2D eigenvalue weighted by Gasteiger charge is 2.59. The highest BCUT2D eigenvalue weighted by molar-refractivity contribution is 6.27. The maximum atomic E-state index is 11.6. The number of hydrogen-bond donors (Lipinski definition) is 5. The fourth-order valence-corrected chi connectivity index (χ4v) is 6.07. The van der Waals surface area contributed by atoms with Crippen LogP contribution in [-0.4, -0.2) is 65.9 Å². The van der Waals surface area contributed by atoms with E-state index in [2.05, 4.69) is 22.7 Å². The number of carbonyl (C=O) groups is 2. The molecule has 1 unspecified atom stereocenters. The van der Waals surface area contributed by atoms with E-state index in [1.807, 2.05) is 20.3 Å². The quantitative estimate of drug-likeness (QED) is 0.158. The maximum Gasteiger partial charge on any atom is 0.414 e. The first-order chi connectivity index (χ1) is 15.7. The van der Waals surface area contributed by atoms with Crippen molar-refractivity contribution in [2.75, 3.05) is 20.6 Å². The largest absolute Gasteiger partial charge is 0.473 e. The van der Waals surface area contributed by atoms with Gasteiger partial charge in [-0.15, -0.1) is 0 Å². The Bertz CT molecular complexity index is 657. The van der Waals surface area contributed by atoms with Crippen molar-refractivity contribution < 1.29 is 29.7 Å². The zero-order valence-corrected chi connectivity index (χ0v) is 20.4. The summed E-state index contributed by atoms with van der Waals surface area (Å²) in [7, 11) is 3.85. The average molecular weight is 470 g/mol. The summed E-state index contributed by atoms with van der Waals surface area (Å²) in [5, 5.41) is 37.0. The molecule has 5 N–H and O–H groups in total. The minimum atomic E-state index is -1.82. The molecule has 33 heavy (non-hydrogen) atoms. The van der Waals surface area contributed by atoms with E-state index in [4.69, 9.17) is 24.6 Å². The fourth-order valence-electron chi connectivity index (χ4n) is 6.07. The Hall–Kier alpha value is -1.71. The number of rotatable bonds is 8. The molecule has 0 heterocycles. The van der Waals surface area contributed by atoms with Crippen LogP contribution in [0.1, 0.15) is 77.6 Å². The first-order valence-corrected chi connectivity index (χ1v) is 12.4. The van der Waals surface area contributed by atoms with Crippen molar-refractivity contribution in [2.45, 2.75) is 89.4 Å². The number of carboxylic acid groups (broad SMARTS) is 2. The van der Waals surface area contributed by atoms with Crippen LogP contribution in [0.4, 0.5) is 0 Å². The van der Waals surface area contributed by atoms with Gasteiger partial charge in [0.2, 0.25) is 0 Å². The van der Waals surface area contributed by atoms with Gasteiger partial charge in [-0.1, -0.05) is 44.2 Å². The summed E-state index contributed by atoms with van der Waals surface area (Å²) in [6, 6.07) is 0. The van der Waals surface area contributed by atoms with Gasteiger partial charge in [0.1, 0.15) is 0 Å². The number of fused-ring (bicyclic) bond motifs is 1. The zero-order chi connectivity index (χ0) is 24.5. The van der Waals surface area contributed by atoms with E-state index in [9.17, 15) is 5.11 Å². The number of aliphatic carboxylic acids is 2. The average Bonchev–Trinajstić information content (AvgIpc) is 3.07. The van der Waals surface area contributed by atoms with E-state index in [-0.39, 0.29) is 11.6 Å². The molecule has 3 aliphatic rings. The third-order valence-electron chi connectivity index (χ3n) is 8.29. The van der Waals surface area contributed by atoms with Crippen molar-refractivity contribution >= 4 is 18.2 Å². The molecule has 0 bridgehead atoms. The Morgan fingerprint density at radius 2 is 1.73 bits per heavy atom. The third kappa shape index (κ3) is 7.13. The van der Waals surface area contributed by atoms with Crippen molar-refractivity contribution in [3.63, 3.8) is 0 Å². The number of aliphatic hydroxyl groups is 1. The summed E-state index contributed by atoms with van der Waals surface area (Å²) < 4.78 is 0. The van der Waals surface area contributed by atoms with Crippen molar-refractivity contribution in [3.8, 4) is 0 Å². The van der Waals surface area contributed by atoms with Gasteiger partial charge in [-0.05, 0) is 64.6 Å². The second kappa shape index (κ2) is 12.7. The lowest BCUT2D eigenvalue weighted by atomic mass is 9.57. The van der Waals surface area contributed by atoms with Crippen molar-refractivity contribution in [3.05, 3.63) is 0 Å². The van der Waals surface area contributed by atoms with Gasteiger partial charge in [-0.2, -0.15) is 0 Å². The molecule has 5 atom stereocenters. The summed E-state index contributed by atoms with van der Waals surface area (Å²) in [5.41, 5.74) is -0.566. The van der Waals surface area contributed by atoms with Crippen LogP contribution >= 0.6 is 0 Å². The van der Waals surface area contributed by atoms with E-state index in [0.717, 1.165) is 50.5 Å². The first-order valence-electron chi connectivity index (χ1n) is 12.4. The summed E-state index contributed by atoms with van der Waals surface area (Å²) in [6.07, 6.45) is 15.1. The Kier molecular flexibility index (Phi) is 10.6. The van der Waals surface area contributed by atoms with E-state index < -0.39 is 17.5 Å². The van der Waals surface area contributed by atoms with Gasteiger partial charge in [-0.3, -0.25) is 5.32 Å². The second-order valence-corrected chi connectivity index (χ2v) is 10.1. The molecule has 190 valence electrons. The van der Waals surface area contributed by atoms with Gasteiger partial charge in [0, 0.05) is 24.0 Å². The van der Waals surface area contributed by atoms with Gasteiger partial charge in [0.25, 0.3) is 0 Å². The van der Waals surface area contributed by atoms with Crippen molar-refractivity contribution in [1.82, 2.24) is 10.6 Å². The number of nitrogens with zero attached hydrogens (tertiary/aromatic N) is 1. The van der Waals surface area contributed by atoms with E-state index in [0.29, 0.717) is 5.92 Å². The number of oxime groups is 1. The standard InChI is InChI=1S/C22H41N3O2.C2H2O4/c1-21-12-9-18(17-7-5-4-6-8-17)15-22(21,26)13-10-19(21)16-25-27-20(24-3)11-14-23-2;3-1(4)2(5)6/h16-20,23-24,26H,4-15H2,1-3H3;(H,3,4)(H,5,6)/t18-,19+,20?,21+,22-;/m0./s1. The lowest BCUT2D eigenvalue weighted by molar-refractivity contribution is -0.159. The lowest BCUT2D eigenvalue weighted by Crippen LogP contribution is -2.51. The van der Waals surface area contributed by atoms with Crippen LogP contribution in [0.15, 0.2) is 5.16 Å². The molecule has 0 saturated heterocycles. The number of nitrogens with one attached hydrogen (secondary N) is 2. The summed E-state index contributed by atoms with van der Waals surface area (Å²) >= 11 is 0. The zero-order valence-electron chi connectivity index (χ0n) is 20.4. The van der Waals surface area contributed by atoms with Crippen molar-refractivity contribution in [1.29, 1.82) is 0 Å². The van der Waals surface area contributed by atoms with Crippen LogP contribution in [0.5, 0.6) is 0 Å². The normalized spacial score (nSPS) is 33.1. The van der Waals surface area contributed by atoms with Crippen LogP contribution in [-0.2, 0) is 14.4 Å². The smallest absolute Gasteiger partial charge is 0.414 e. The molecular formula is C24H43N3O6. The van der Waals surface area contributed by atoms with Gasteiger partial charge in [-0.25, -0.2) is 9.59 Å². The predicted octanol–water partition coefficient (Wildman–Crippen LogP) is 2.83. The van der Waals surface area contributed by atoms with Crippen LogP contribution in [0, 0.1) is 23.2 Å². The van der Waals surface area contributed by atoms with Gasteiger partial charge in [0.05, 0.1) is 5.60 Å². The monoisotopic (exact) mass is 469 g/mol. The Balaban J connectivity index is 0.000000569. The lowest BCUT2D eigenvalue weighted by Gasteiger charge is -2.50. The third-order valence-corrected chi connectivity index (χ3v) is 8.29. The topological polar surface area (TPSA) is 140 Å². The van der Waals surface area contributed by atoms with Gasteiger partial charge >= 0.3 is 11.9 Å². The van der Waals surface area contributed by atoms with E-state index >= 15 is 0 Å². The minimum Gasteiger partial charge on any atom is -0.473 e. The van der Waals surface area contributed by atoms with Crippen LogP contribution in [0.2, 0.25) is 0 Å². The molecule has 0 aromatic heterocycles. The van der Waals surface area contributed by atoms with Gasteiger partial charge in [0.15, 0.2) is 6.23 Å². The molecule has 3 aliphatic carbocycles. The molecule has 0 aromatic rings. The van der Waals surface area contributed by atoms with E-state index in [1.54, 1.807) is 0 Å². The Labute approximate surface area is 197 Å². The van der Waals surface area contributed by atoms with Crippen molar-refractivity contribution in [2.24, 2.45) is 28.3 Å². The molecule has 3 fully saturated rings. The Morgan fingerprint density at radius 3 is 2.30 bits per heavy atom. The number of carboxylic acids is 2. The van der Waals surface area contributed by atoms with Crippen LogP contribution in [0.25, 0.3) is 0 Å². The molecule has 0 aromatic carbocycles. The molecule has 0 amide bonds. The van der Waals surface area contributed by atoms with Crippen LogP contribution in [0.3, 0.4) is 0 Å². The second-order valence-electron chi connectivity index (χ2n) is 10.1. The number of hydrogen-bond acceptors (Lipinski definition) is 7. The summed E-state index contributed by atoms with van der Waals surface area (Å²) in [5.74, 6) is -1.75. The molecule has 3 rings (SSSR count). The molecule has 0 aliphatic heterocycles. The Morgan fingerprint density at radius 1 is 1.06 bits per heavy atom. The molecule has 0 spiro atoms. The fraction of sp³-hybridized carbons (Fsp3) is 0.875. The van der Waals surface area contributed by atoms with E-state index in [1.165, 1.54) is 38.5 Å². The highest BCUT2D eigenvalue weighted by Crippen LogP contribution is 2.60. The SMILES string of the molecule is CNCCC(NC)ON=C[C@H]1CC[C@]2(O)C[C@@H](C3CCCCC3)CC[C@]12C.O=C(O)C(=O)O. The molecule has 0 radical (unpaired) electrons. The maximum absolute atomic E-state index is 11.6. The van der Waals surface area contributed by atoms with Gasteiger partial charge < -0.3 is 25.5 Å². The summed E-state index contributed by atoms with van der Waals surface area (Å²) in [4.78, 5) is 23.9. The highest BCUT2D eigenvalue weighted by atomic mass is 16.6. The minimum absolute atomic E-state index is 0.0505. The molecular weight excluding hydrogens is 426 g/mol. The first kappa shape index (κ1) is 27.5.